The molecule has 2 aromatic carbocycles. The Hall–Kier alpha value is -3.13. The number of fused-ring (bicyclic) bond motifs is 2. The molecule has 0 saturated carbocycles. The third-order valence-electron chi connectivity index (χ3n) is 6.60. The van der Waals surface area contributed by atoms with Crippen molar-refractivity contribution in [2.45, 2.75) is 70.6 Å². The minimum Gasteiger partial charge on any atom is -0.489 e. The van der Waals surface area contributed by atoms with Crippen molar-refractivity contribution in [2.75, 3.05) is 6.61 Å². The van der Waals surface area contributed by atoms with Crippen LogP contribution in [0.15, 0.2) is 42.0 Å². The van der Waals surface area contributed by atoms with Crippen LogP contribution in [0.1, 0.15) is 57.6 Å². The average molecular weight is 534 g/mol. The molecule has 2 bridgehead atoms. The smallest absolute Gasteiger partial charge is 0.411 e. The molecule has 0 aliphatic carbocycles. The maximum Gasteiger partial charge on any atom is 0.411 e. The highest BCUT2D eigenvalue weighted by atomic mass is 35.5. The van der Waals surface area contributed by atoms with Gasteiger partial charge in [-0.1, -0.05) is 35.9 Å². The zero-order chi connectivity index (χ0) is 26.9. The number of amides is 1. The molecule has 2 unspecified atom stereocenters. The summed E-state index contributed by atoms with van der Waals surface area (Å²) in [4.78, 5) is 26.7. The van der Waals surface area contributed by atoms with E-state index in [1.807, 2.05) is 24.3 Å². The van der Waals surface area contributed by atoms with Gasteiger partial charge in [-0.2, -0.15) is 0 Å². The van der Waals surface area contributed by atoms with Crippen LogP contribution in [0.2, 0.25) is 5.02 Å². The molecule has 37 heavy (non-hydrogen) atoms. The zero-order valence-electron chi connectivity index (χ0n) is 21.0. The Labute approximate surface area is 219 Å². The summed E-state index contributed by atoms with van der Waals surface area (Å²) < 4.78 is 38.3. The summed E-state index contributed by atoms with van der Waals surface area (Å²) in [6.07, 6.45) is 2.45. The van der Waals surface area contributed by atoms with Gasteiger partial charge in [-0.25, -0.2) is 18.4 Å². The Balaban J connectivity index is 1.44. The van der Waals surface area contributed by atoms with Gasteiger partial charge in [0, 0.05) is 6.04 Å². The predicted molar refractivity (Wildman–Crippen MR) is 136 cm³/mol. The number of benzene rings is 2. The summed E-state index contributed by atoms with van der Waals surface area (Å²) in [5.74, 6) is -2.78. The molecule has 2 heterocycles. The molecular weight excluding hydrogens is 504 g/mol. The highest BCUT2D eigenvalue weighted by Crippen LogP contribution is 2.43. The van der Waals surface area contributed by atoms with Gasteiger partial charge < -0.3 is 14.6 Å². The third kappa shape index (κ3) is 5.90. The van der Waals surface area contributed by atoms with Gasteiger partial charge in [0.05, 0.1) is 18.2 Å². The summed E-state index contributed by atoms with van der Waals surface area (Å²) in [6, 6.07) is 8.90. The van der Waals surface area contributed by atoms with Crippen molar-refractivity contribution in [1.29, 1.82) is 0 Å². The fourth-order valence-electron chi connectivity index (χ4n) is 5.01. The average Bonchev–Trinajstić information content (AvgIpc) is 3.13. The number of carbonyl (C=O) groups is 2. The SMILES string of the molecule is CC(C)(C)OC(=O)N1C2CCC1C(C(=O)O)=C(c1ccc(CCCOc3c(F)ccc(F)c3Cl)cc1)C2. The Morgan fingerprint density at radius 3 is 2.41 bits per heavy atom. The molecule has 2 atom stereocenters. The normalized spacial score (nSPS) is 19.2. The van der Waals surface area contributed by atoms with Crippen LogP contribution in [-0.2, 0) is 16.0 Å². The van der Waals surface area contributed by atoms with E-state index in [2.05, 4.69) is 0 Å². The van der Waals surface area contributed by atoms with E-state index < -0.39 is 35.3 Å². The van der Waals surface area contributed by atoms with Crippen LogP contribution >= 0.6 is 11.6 Å². The van der Waals surface area contributed by atoms with Crippen molar-refractivity contribution in [3.63, 3.8) is 0 Å². The number of nitrogens with zero attached hydrogens (tertiary/aromatic N) is 1. The second-order valence-electron chi connectivity index (χ2n) is 10.4. The number of hydrogen-bond acceptors (Lipinski definition) is 4. The third-order valence-corrected chi connectivity index (χ3v) is 6.95. The molecule has 1 N–H and O–H groups in total. The van der Waals surface area contributed by atoms with Gasteiger partial charge in [0.25, 0.3) is 0 Å². The van der Waals surface area contributed by atoms with Crippen LogP contribution in [0, 0.1) is 11.6 Å². The van der Waals surface area contributed by atoms with Gasteiger partial charge in [-0.05, 0) is 81.7 Å². The van der Waals surface area contributed by atoms with Crippen molar-refractivity contribution >= 4 is 29.2 Å². The summed E-state index contributed by atoms with van der Waals surface area (Å²) >= 11 is 5.78. The largest absolute Gasteiger partial charge is 0.489 e. The monoisotopic (exact) mass is 533 g/mol. The summed E-state index contributed by atoms with van der Waals surface area (Å²) in [5.41, 5.74) is 2.12. The van der Waals surface area contributed by atoms with Crippen molar-refractivity contribution in [2.24, 2.45) is 0 Å². The lowest BCUT2D eigenvalue weighted by molar-refractivity contribution is -0.133. The molecule has 0 radical (unpaired) electrons. The number of carboxylic acids is 1. The van der Waals surface area contributed by atoms with Crippen molar-refractivity contribution in [3.8, 4) is 5.75 Å². The molecule has 9 heteroatoms. The molecule has 6 nitrogen and oxygen atoms in total. The minimum atomic E-state index is -1.03. The first kappa shape index (κ1) is 26.9. The van der Waals surface area contributed by atoms with Crippen LogP contribution in [0.4, 0.5) is 13.6 Å². The first-order valence-corrected chi connectivity index (χ1v) is 12.7. The van der Waals surface area contributed by atoms with Crippen LogP contribution in [-0.4, -0.2) is 46.4 Å². The number of hydrogen-bond donors (Lipinski definition) is 1. The zero-order valence-corrected chi connectivity index (χ0v) is 21.8. The number of aliphatic carboxylic acids is 1. The van der Waals surface area contributed by atoms with Gasteiger partial charge in [0.2, 0.25) is 0 Å². The van der Waals surface area contributed by atoms with E-state index in [0.717, 1.165) is 35.3 Å². The molecule has 0 aromatic heterocycles. The Kier molecular flexibility index (Phi) is 7.78. The number of ether oxygens (including phenoxy) is 2. The Morgan fingerprint density at radius 2 is 1.76 bits per heavy atom. The first-order valence-electron chi connectivity index (χ1n) is 12.3. The number of rotatable bonds is 7. The standard InChI is InChI=1S/C28H30ClF2NO5/c1-28(2,3)37-27(35)32-18-10-13-22(32)23(26(33)34)19(15-18)17-8-6-16(7-9-17)5-4-14-36-25-21(31)12-11-20(30)24(25)29/h6-9,11-12,18,22H,4-5,10,13-15H2,1-3H3,(H,33,34). The molecule has 1 amide bonds. The van der Waals surface area contributed by atoms with E-state index in [-0.39, 0.29) is 29.0 Å². The van der Waals surface area contributed by atoms with E-state index in [9.17, 15) is 23.5 Å². The lowest BCUT2D eigenvalue weighted by atomic mass is 9.88. The second kappa shape index (κ2) is 10.7. The van der Waals surface area contributed by atoms with Gasteiger partial charge in [0.15, 0.2) is 11.6 Å². The topological polar surface area (TPSA) is 76.1 Å². The Morgan fingerprint density at radius 1 is 1.08 bits per heavy atom. The predicted octanol–water partition coefficient (Wildman–Crippen LogP) is 6.64. The van der Waals surface area contributed by atoms with E-state index in [0.29, 0.717) is 25.7 Å². The molecule has 4 rings (SSSR count). The molecule has 2 aliphatic rings. The summed E-state index contributed by atoms with van der Waals surface area (Å²) in [5, 5.41) is 9.68. The minimum absolute atomic E-state index is 0.107. The highest BCUT2D eigenvalue weighted by molar-refractivity contribution is 6.32. The summed E-state index contributed by atoms with van der Waals surface area (Å²) in [7, 11) is 0. The molecule has 2 aromatic rings. The fraction of sp³-hybridized carbons (Fsp3) is 0.429. The lowest BCUT2D eigenvalue weighted by Gasteiger charge is -2.37. The molecule has 198 valence electrons. The number of aryl methyl sites for hydroxylation is 1. The maximum absolute atomic E-state index is 13.8. The summed E-state index contributed by atoms with van der Waals surface area (Å²) in [6.45, 7) is 5.52. The van der Waals surface area contributed by atoms with Crippen LogP contribution in [0.25, 0.3) is 5.57 Å². The highest BCUT2D eigenvalue weighted by Gasteiger charge is 2.47. The van der Waals surface area contributed by atoms with Crippen LogP contribution in [0.5, 0.6) is 5.75 Å². The molecule has 0 spiro atoms. The molecular formula is C28H30ClF2NO5. The van der Waals surface area contributed by atoms with E-state index in [4.69, 9.17) is 21.1 Å². The Bertz CT molecular complexity index is 1220. The number of carbonyl (C=O) groups excluding carboxylic acids is 1. The maximum atomic E-state index is 13.8. The number of halogens is 3. The van der Waals surface area contributed by atoms with Crippen LogP contribution in [0.3, 0.4) is 0 Å². The van der Waals surface area contributed by atoms with E-state index in [1.165, 1.54) is 0 Å². The molecule has 2 aliphatic heterocycles. The van der Waals surface area contributed by atoms with E-state index in [1.54, 1.807) is 25.7 Å². The van der Waals surface area contributed by atoms with Gasteiger partial charge in [-0.15, -0.1) is 0 Å². The van der Waals surface area contributed by atoms with E-state index >= 15 is 0 Å². The van der Waals surface area contributed by atoms with Gasteiger partial charge in [-0.3, -0.25) is 4.90 Å². The first-order chi connectivity index (χ1) is 17.5. The van der Waals surface area contributed by atoms with Crippen LogP contribution < -0.4 is 4.74 Å². The van der Waals surface area contributed by atoms with Crippen molar-refractivity contribution in [3.05, 3.63) is 69.8 Å². The molecule has 1 saturated heterocycles. The quantitative estimate of drug-likeness (QED) is 0.319. The van der Waals surface area contributed by atoms with Crippen molar-refractivity contribution in [1.82, 2.24) is 4.90 Å². The van der Waals surface area contributed by atoms with Gasteiger partial charge >= 0.3 is 12.1 Å². The fourth-order valence-corrected chi connectivity index (χ4v) is 5.22. The molecule has 1 fully saturated rings. The van der Waals surface area contributed by atoms with Gasteiger partial charge in [0.1, 0.15) is 16.4 Å². The second-order valence-corrected chi connectivity index (χ2v) is 10.7. The lowest BCUT2D eigenvalue weighted by Crippen LogP contribution is -2.48. The van der Waals surface area contributed by atoms with Crippen molar-refractivity contribution < 1.29 is 33.0 Å². The number of carboxylic acid groups (broad SMARTS) is 1.